The van der Waals surface area contributed by atoms with Gasteiger partial charge in [0.1, 0.15) is 0 Å². The van der Waals surface area contributed by atoms with E-state index in [2.05, 4.69) is 34.5 Å². The Morgan fingerprint density at radius 3 is 2.43 bits per heavy atom. The number of anilines is 2. The highest BCUT2D eigenvalue weighted by Gasteiger charge is 2.12. The van der Waals surface area contributed by atoms with Gasteiger partial charge >= 0.3 is 0 Å². The largest absolute Gasteiger partial charge is 0.385 e. The molecule has 0 saturated carbocycles. The number of morpholine rings is 1. The van der Waals surface area contributed by atoms with Crippen molar-refractivity contribution in [1.82, 2.24) is 4.90 Å². The zero-order valence-corrected chi connectivity index (χ0v) is 17.3. The molecule has 3 rings (SSSR count). The lowest BCUT2D eigenvalue weighted by atomic mass is 10.1. The van der Waals surface area contributed by atoms with Crippen molar-refractivity contribution in [1.29, 1.82) is 0 Å². The lowest BCUT2D eigenvalue weighted by Gasteiger charge is -2.29. The van der Waals surface area contributed by atoms with Crippen molar-refractivity contribution in [3.63, 3.8) is 0 Å². The number of rotatable bonds is 9. The molecule has 0 radical (unpaired) electrons. The Balaban J connectivity index is 1.38. The SMILES string of the molecule is CN(Cc1ccc(N2CCOCC2)cc1)C(=O)CCCNc1ccc([N+](=O)[O-])cc1. The zero-order chi connectivity index (χ0) is 21.3. The number of ether oxygens (including phenoxy) is 1. The van der Waals surface area contributed by atoms with Gasteiger partial charge in [0.15, 0.2) is 0 Å². The van der Waals surface area contributed by atoms with Crippen molar-refractivity contribution >= 4 is 23.0 Å². The highest BCUT2D eigenvalue weighted by Crippen LogP contribution is 2.18. The van der Waals surface area contributed by atoms with Crippen molar-refractivity contribution in [3.05, 3.63) is 64.2 Å². The van der Waals surface area contributed by atoms with Gasteiger partial charge in [-0.2, -0.15) is 0 Å². The molecule has 1 aliphatic rings. The van der Waals surface area contributed by atoms with Gasteiger partial charge in [0.05, 0.1) is 18.1 Å². The molecule has 1 aliphatic heterocycles. The number of nitro groups is 1. The van der Waals surface area contributed by atoms with Crippen LogP contribution in [0.4, 0.5) is 17.1 Å². The molecule has 1 saturated heterocycles. The van der Waals surface area contributed by atoms with E-state index in [0.29, 0.717) is 25.9 Å². The van der Waals surface area contributed by atoms with Gasteiger partial charge in [-0.25, -0.2) is 0 Å². The van der Waals surface area contributed by atoms with Crippen molar-refractivity contribution in [2.45, 2.75) is 19.4 Å². The third kappa shape index (κ3) is 6.18. The third-order valence-electron chi connectivity index (χ3n) is 5.13. The molecular formula is C22H28N4O4. The van der Waals surface area contributed by atoms with E-state index < -0.39 is 4.92 Å². The Labute approximate surface area is 176 Å². The van der Waals surface area contributed by atoms with Crippen LogP contribution in [0.15, 0.2) is 48.5 Å². The van der Waals surface area contributed by atoms with E-state index in [0.717, 1.165) is 37.6 Å². The minimum atomic E-state index is -0.422. The molecule has 30 heavy (non-hydrogen) atoms. The molecule has 1 heterocycles. The minimum Gasteiger partial charge on any atom is -0.385 e. The summed E-state index contributed by atoms with van der Waals surface area (Å²) in [6.45, 7) is 4.55. The number of hydrogen-bond donors (Lipinski definition) is 1. The van der Waals surface area contributed by atoms with E-state index in [1.165, 1.54) is 17.8 Å². The van der Waals surface area contributed by atoms with Crippen LogP contribution in [0, 0.1) is 10.1 Å². The number of hydrogen-bond acceptors (Lipinski definition) is 6. The van der Waals surface area contributed by atoms with Gasteiger partial charge in [0.25, 0.3) is 5.69 Å². The Kier molecular flexibility index (Phi) is 7.62. The molecule has 0 spiro atoms. The molecule has 2 aromatic carbocycles. The van der Waals surface area contributed by atoms with Crippen LogP contribution in [-0.2, 0) is 16.1 Å². The molecule has 2 aromatic rings. The molecule has 1 N–H and O–H groups in total. The molecule has 1 fully saturated rings. The number of non-ortho nitro benzene ring substituents is 1. The summed E-state index contributed by atoms with van der Waals surface area (Å²) < 4.78 is 5.39. The lowest BCUT2D eigenvalue weighted by molar-refractivity contribution is -0.384. The highest BCUT2D eigenvalue weighted by atomic mass is 16.6. The Hall–Kier alpha value is -3.13. The number of carbonyl (C=O) groups excluding carboxylic acids is 1. The van der Waals surface area contributed by atoms with Gasteiger partial charge in [-0.05, 0) is 36.2 Å². The monoisotopic (exact) mass is 412 g/mol. The Morgan fingerprint density at radius 2 is 1.80 bits per heavy atom. The molecule has 1 amide bonds. The summed E-state index contributed by atoms with van der Waals surface area (Å²) in [5, 5.41) is 13.9. The van der Waals surface area contributed by atoms with Gasteiger partial charge < -0.3 is 19.9 Å². The summed E-state index contributed by atoms with van der Waals surface area (Å²) in [5.74, 6) is 0.0951. The first-order chi connectivity index (χ1) is 14.5. The summed E-state index contributed by atoms with van der Waals surface area (Å²) in [5.41, 5.74) is 3.16. The van der Waals surface area contributed by atoms with E-state index in [1.54, 1.807) is 17.0 Å². The second-order valence-electron chi connectivity index (χ2n) is 7.35. The van der Waals surface area contributed by atoms with Crippen LogP contribution < -0.4 is 10.2 Å². The van der Waals surface area contributed by atoms with E-state index in [9.17, 15) is 14.9 Å². The van der Waals surface area contributed by atoms with Crippen LogP contribution in [-0.4, -0.2) is 55.6 Å². The average Bonchev–Trinajstić information content (AvgIpc) is 2.78. The number of nitrogens with zero attached hydrogens (tertiary/aromatic N) is 3. The first kappa shape index (κ1) is 21.6. The van der Waals surface area contributed by atoms with Crippen LogP contribution in [0.1, 0.15) is 18.4 Å². The summed E-state index contributed by atoms with van der Waals surface area (Å²) in [6, 6.07) is 14.6. The maximum Gasteiger partial charge on any atom is 0.269 e. The Morgan fingerprint density at radius 1 is 1.13 bits per heavy atom. The van der Waals surface area contributed by atoms with Crippen molar-refractivity contribution in [2.24, 2.45) is 0 Å². The first-order valence-corrected chi connectivity index (χ1v) is 10.2. The fraction of sp³-hybridized carbons (Fsp3) is 0.409. The average molecular weight is 412 g/mol. The smallest absolute Gasteiger partial charge is 0.269 e. The molecule has 8 heteroatoms. The summed E-state index contributed by atoms with van der Waals surface area (Å²) in [4.78, 5) is 26.7. The third-order valence-corrected chi connectivity index (χ3v) is 5.13. The molecule has 0 bridgehead atoms. The van der Waals surface area contributed by atoms with Gasteiger partial charge in [0.2, 0.25) is 5.91 Å². The first-order valence-electron chi connectivity index (χ1n) is 10.2. The summed E-state index contributed by atoms with van der Waals surface area (Å²) in [6.07, 6.45) is 1.14. The standard InChI is InChI=1S/C22H28N4O4/c1-24(17-18-4-8-20(9-5-18)25-13-15-30-16-14-25)22(27)3-2-12-23-19-6-10-21(11-7-19)26(28)29/h4-11,23H,2-3,12-17H2,1H3. The van der Waals surface area contributed by atoms with Gasteiger partial charge in [-0.3, -0.25) is 14.9 Å². The quantitative estimate of drug-likeness (QED) is 0.386. The number of nitrogens with one attached hydrogen (secondary N) is 1. The van der Waals surface area contributed by atoms with Crippen LogP contribution in [0.2, 0.25) is 0 Å². The highest BCUT2D eigenvalue weighted by molar-refractivity contribution is 5.75. The fourth-order valence-corrected chi connectivity index (χ4v) is 3.36. The second kappa shape index (κ2) is 10.6. The van der Waals surface area contributed by atoms with Gasteiger partial charge in [-0.1, -0.05) is 12.1 Å². The predicted octanol–water partition coefficient (Wildman–Crippen LogP) is 3.28. The van der Waals surface area contributed by atoms with Crippen LogP contribution in [0.5, 0.6) is 0 Å². The van der Waals surface area contributed by atoms with Crippen molar-refractivity contribution in [3.8, 4) is 0 Å². The van der Waals surface area contributed by atoms with E-state index in [-0.39, 0.29) is 11.6 Å². The maximum absolute atomic E-state index is 12.4. The summed E-state index contributed by atoms with van der Waals surface area (Å²) in [7, 11) is 1.82. The molecule has 0 unspecified atom stereocenters. The van der Waals surface area contributed by atoms with Gasteiger partial charge in [-0.15, -0.1) is 0 Å². The molecular weight excluding hydrogens is 384 g/mol. The van der Waals surface area contributed by atoms with Crippen LogP contribution in [0.25, 0.3) is 0 Å². The number of carbonyl (C=O) groups is 1. The molecule has 8 nitrogen and oxygen atoms in total. The van der Waals surface area contributed by atoms with E-state index >= 15 is 0 Å². The van der Waals surface area contributed by atoms with Crippen molar-refractivity contribution in [2.75, 3.05) is 50.1 Å². The summed E-state index contributed by atoms with van der Waals surface area (Å²) >= 11 is 0. The topological polar surface area (TPSA) is 88.0 Å². The minimum absolute atomic E-state index is 0.0651. The molecule has 0 atom stereocenters. The van der Waals surface area contributed by atoms with Crippen LogP contribution in [0.3, 0.4) is 0 Å². The Bertz CT molecular complexity index is 833. The number of nitro benzene ring substituents is 1. The molecule has 0 aliphatic carbocycles. The molecule has 160 valence electrons. The normalized spacial score (nSPS) is 13.7. The maximum atomic E-state index is 12.4. The fourth-order valence-electron chi connectivity index (χ4n) is 3.36. The number of amides is 1. The zero-order valence-electron chi connectivity index (χ0n) is 17.3. The number of benzene rings is 2. The predicted molar refractivity (Wildman–Crippen MR) is 117 cm³/mol. The van der Waals surface area contributed by atoms with E-state index in [4.69, 9.17) is 4.74 Å². The van der Waals surface area contributed by atoms with Gasteiger partial charge in [0, 0.05) is 63.2 Å². The van der Waals surface area contributed by atoms with Crippen molar-refractivity contribution < 1.29 is 14.5 Å². The lowest BCUT2D eigenvalue weighted by Crippen LogP contribution is -2.36. The molecule has 0 aromatic heterocycles. The second-order valence-corrected chi connectivity index (χ2v) is 7.35. The van der Waals surface area contributed by atoms with E-state index in [1.807, 2.05) is 7.05 Å². The van der Waals surface area contributed by atoms with Crippen LogP contribution >= 0.6 is 0 Å².